The molecular weight excluding hydrogens is 639 g/mol. The van der Waals surface area contributed by atoms with Gasteiger partial charge in [-0.1, -0.05) is 127 Å². The lowest BCUT2D eigenvalue weighted by molar-refractivity contribution is -0.116. The summed E-state index contributed by atoms with van der Waals surface area (Å²) in [6.45, 7) is 16.1. The minimum Gasteiger partial charge on any atom is -0.458 e. The summed E-state index contributed by atoms with van der Waals surface area (Å²) in [5.74, 6) is 0.212. The smallest absolute Gasteiger partial charge is 0.339 e. The fourth-order valence-corrected chi connectivity index (χ4v) is 16.6. The molecule has 7 heteroatoms. The van der Waals surface area contributed by atoms with Crippen molar-refractivity contribution in [3.63, 3.8) is 0 Å². The number of esters is 1. The van der Waals surface area contributed by atoms with Gasteiger partial charge in [-0.15, -0.1) is 11.6 Å². The number of benzene rings is 3. The van der Waals surface area contributed by atoms with E-state index in [1.54, 1.807) is 0 Å². The van der Waals surface area contributed by atoms with E-state index < -0.39 is 22.3 Å². The van der Waals surface area contributed by atoms with Crippen molar-refractivity contribution in [2.45, 2.75) is 103 Å². The highest BCUT2D eigenvalue weighted by atomic mass is 35.5. The maximum absolute atomic E-state index is 14.3. The zero-order valence-electron chi connectivity index (χ0n) is 29.3. The predicted molar refractivity (Wildman–Crippen MR) is 202 cm³/mol. The van der Waals surface area contributed by atoms with E-state index in [9.17, 15) is 9.59 Å². The van der Waals surface area contributed by atoms with E-state index in [4.69, 9.17) is 20.8 Å². The molecule has 0 N–H and O–H groups in total. The number of aldehydes is 1. The van der Waals surface area contributed by atoms with Crippen LogP contribution in [-0.2, 0) is 14.0 Å². The van der Waals surface area contributed by atoms with Crippen molar-refractivity contribution < 1.29 is 18.8 Å². The van der Waals surface area contributed by atoms with Gasteiger partial charge in [0, 0.05) is 24.3 Å². The molecule has 3 aromatic rings. The van der Waals surface area contributed by atoms with Crippen molar-refractivity contribution in [1.82, 2.24) is 0 Å². The summed E-state index contributed by atoms with van der Waals surface area (Å²) < 4.78 is 14.0. The van der Waals surface area contributed by atoms with E-state index in [0.717, 1.165) is 30.9 Å². The molecule has 0 aliphatic heterocycles. The Kier molecular flexibility index (Phi) is 13.9. The number of halogens is 1. The standard InChI is InChI=1S/C40H54ClO4PSi/c1-28(2)47(29(3)4,30(5)6)45-37-27-31(7)39(35(24-26-42)34(37)22-16-25-41)44-40(43)36-21-14-15-23-38(36)46(32-17-10-8-11-18-32)33-19-12-9-13-20-33/h8-15,17-21,23,26,28-31,34-35,37,39H,16,22,24-25,27H2,1-7H3/t31-,34?,35-,37-,39+/m0/s1. The molecule has 1 unspecified atom stereocenters. The number of rotatable bonds is 15. The Morgan fingerprint density at radius 1 is 0.851 bits per heavy atom. The molecule has 0 aromatic heterocycles. The molecule has 0 spiro atoms. The summed E-state index contributed by atoms with van der Waals surface area (Å²) >= 11 is 6.27. The highest BCUT2D eigenvalue weighted by Gasteiger charge is 2.52. The largest absolute Gasteiger partial charge is 0.458 e. The Bertz CT molecular complexity index is 1350. The van der Waals surface area contributed by atoms with Crippen LogP contribution in [0.1, 0.15) is 84.5 Å². The van der Waals surface area contributed by atoms with Crippen molar-refractivity contribution in [2.24, 2.45) is 17.8 Å². The van der Waals surface area contributed by atoms with E-state index in [-0.39, 0.29) is 29.8 Å². The molecule has 1 saturated carbocycles. The monoisotopic (exact) mass is 692 g/mol. The first-order chi connectivity index (χ1) is 22.6. The van der Waals surface area contributed by atoms with Crippen LogP contribution in [0.25, 0.3) is 0 Å². The average molecular weight is 693 g/mol. The molecule has 4 rings (SSSR count). The van der Waals surface area contributed by atoms with Crippen LogP contribution in [0.5, 0.6) is 0 Å². The van der Waals surface area contributed by atoms with Gasteiger partial charge in [0.15, 0.2) is 0 Å². The molecule has 0 heterocycles. The van der Waals surface area contributed by atoms with Crippen LogP contribution >= 0.6 is 19.5 Å². The predicted octanol–water partition coefficient (Wildman–Crippen LogP) is 9.41. The molecule has 5 atom stereocenters. The number of carbonyl (C=O) groups is 2. The van der Waals surface area contributed by atoms with Gasteiger partial charge in [0.25, 0.3) is 0 Å². The fraction of sp³-hybridized carbons (Fsp3) is 0.500. The Balaban J connectivity index is 1.71. The molecule has 1 fully saturated rings. The van der Waals surface area contributed by atoms with E-state index in [2.05, 4.69) is 103 Å². The number of ether oxygens (including phenoxy) is 1. The lowest BCUT2D eigenvalue weighted by Crippen LogP contribution is -2.56. The molecule has 0 bridgehead atoms. The molecule has 3 aromatic carbocycles. The molecule has 1 aliphatic rings. The normalized spacial score (nSPS) is 21.8. The topological polar surface area (TPSA) is 52.6 Å². The second-order valence-corrected chi connectivity index (χ2v) is 22.1. The van der Waals surface area contributed by atoms with E-state index in [1.807, 2.05) is 30.3 Å². The number of hydrogen-bond acceptors (Lipinski definition) is 4. The quantitative estimate of drug-likeness (QED) is 0.0524. The van der Waals surface area contributed by atoms with Gasteiger partial charge < -0.3 is 14.0 Å². The second kappa shape index (κ2) is 17.4. The van der Waals surface area contributed by atoms with Crippen molar-refractivity contribution >= 4 is 56.0 Å². The van der Waals surface area contributed by atoms with Crippen LogP contribution < -0.4 is 15.9 Å². The van der Waals surface area contributed by atoms with Crippen molar-refractivity contribution in [3.8, 4) is 0 Å². The van der Waals surface area contributed by atoms with Crippen LogP contribution in [0.15, 0.2) is 84.9 Å². The molecule has 0 saturated heterocycles. The third-order valence-electron chi connectivity index (χ3n) is 10.4. The summed E-state index contributed by atoms with van der Waals surface area (Å²) in [7, 11) is -3.19. The molecule has 47 heavy (non-hydrogen) atoms. The van der Waals surface area contributed by atoms with E-state index in [0.29, 0.717) is 34.5 Å². The van der Waals surface area contributed by atoms with E-state index in [1.165, 1.54) is 10.6 Å². The first-order valence-electron chi connectivity index (χ1n) is 17.4. The van der Waals surface area contributed by atoms with Crippen molar-refractivity contribution in [3.05, 3.63) is 90.5 Å². The zero-order valence-corrected chi connectivity index (χ0v) is 31.9. The third-order valence-corrected chi connectivity index (χ3v) is 19.2. The SMILES string of the molecule is CC(C)[Si](O[C@H]1C[C@H](C)[C@@H](OC(=O)c2ccccc2P(c2ccccc2)c2ccccc2)[C@@H](CC=O)C1CCCCl)(C(C)C)C(C)C. The summed E-state index contributed by atoms with van der Waals surface area (Å²) in [4.78, 5) is 26.6. The van der Waals surface area contributed by atoms with Gasteiger partial charge in [0.1, 0.15) is 12.4 Å². The summed E-state index contributed by atoms with van der Waals surface area (Å²) in [6, 6.07) is 28.7. The number of hydrogen-bond donors (Lipinski definition) is 0. The van der Waals surface area contributed by atoms with Crippen LogP contribution in [-0.4, -0.2) is 38.7 Å². The first-order valence-corrected chi connectivity index (χ1v) is 21.5. The third kappa shape index (κ3) is 8.47. The van der Waals surface area contributed by atoms with Gasteiger partial charge in [-0.25, -0.2) is 4.79 Å². The Morgan fingerprint density at radius 2 is 1.38 bits per heavy atom. The summed E-state index contributed by atoms with van der Waals surface area (Å²) in [6.07, 6.45) is 3.41. The fourth-order valence-electron chi connectivity index (χ4n) is 8.37. The summed E-state index contributed by atoms with van der Waals surface area (Å²) in [5.41, 5.74) is 1.94. The lowest BCUT2D eigenvalue weighted by Gasteiger charge is -2.51. The van der Waals surface area contributed by atoms with Crippen LogP contribution in [0.2, 0.25) is 16.6 Å². The molecule has 1 aliphatic carbocycles. The van der Waals surface area contributed by atoms with Gasteiger partial charge in [-0.2, -0.15) is 0 Å². The summed E-state index contributed by atoms with van der Waals surface area (Å²) in [5, 5.41) is 3.32. The van der Waals surface area contributed by atoms with Gasteiger partial charge in [-0.05, 0) is 77.6 Å². The number of carbonyl (C=O) groups excluding carboxylic acids is 2. The average Bonchev–Trinajstić information content (AvgIpc) is 3.05. The van der Waals surface area contributed by atoms with Crippen molar-refractivity contribution in [2.75, 3.05) is 5.88 Å². The Hall–Kier alpha value is -2.30. The highest BCUT2D eigenvalue weighted by Crippen LogP contribution is 2.49. The maximum Gasteiger partial charge on any atom is 0.339 e. The highest BCUT2D eigenvalue weighted by molar-refractivity contribution is 7.80. The molecular formula is C40H54ClO4PSi. The maximum atomic E-state index is 14.3. The lowest BCUT2D eigenvalue weighted by atomic mass is 9.68. The second-order valence-electron chi connectivity index (χ2n) is 14.1. The van der Waals surface area contributed by atoms with Crippen molar-refractivity contribution in [1.29, 1.82) is 0 Å². The van der Waals surface area contributed by atoms with Gasteiger partial charge >= 0.3 is 5.97 Å². The minimum atomic E-state index is -2.20. The van der Waals surface area contributed by atoms with Gasteiger partial charge in [0.2, 0.25) is 8.32 Å². The first kappa shape index (κ1) is 37.5. The van der Waals surface area contributed by atoms with Crippen LogP contribution in [0, 0.1) is 17.8 Å². The Morgan fingerprint density at radius 3 is 1.89 bits per heavy atom. The molecule has 4 nitrogen and oxygen atoms in total. The van der Waals surface area contributed by atoms with Gasteiger partial charge in [-0.3, -0.25) is 0 Å². The minimum absolute atomic E-state index is 0.00303. The molecule has 254 valence electrons. The zero-order chi connectivity index (χ0) is 34.1. The van der Waals surface area contributed by atoms with Crippen LogP contribution in [0.4, 0.5) is 0 Å². The Labute approximate surface area is 290 Å². The number of alkyl halides is 1. The molecule has 0 amide bonds. The van der Waals surface area contributed by atoms with E-state index >= 15 is 0 Å². The van der Waals surface area contributed by atoms with Crippen LogP contribution in [0.3, 0.4) is 0 Å². The molecule has 0 radical (unpaired) electrons. The van der Waals surface area contributed by atoms with Gasteiger partial charge in [0.05, 0.1) is 5.56 Å².